The fraction of sp³-hybridized carbons (Fsp3) is 0.308. The number of aromatic nitrogens is 1. The standard InChI is InChI=1S/C13H13Cl2NS/c1-8(2)12-7-17-13(16-12)5-9-3-4-10(14)6-11(9)15/h3-4,6-8H,5H2,1-2H3. The smallest absolute Gasteiger partial charge is 0.0972 e. The van der Waals surface area contributed by atoms with Gasteiger partial charge in [0.25, 0.3) is 0 Å². The molecular weight excluding hydrogens is 273 g/mol. The van der Waals surface area contributed by atoms with Gasteiger partial charge < -0.3 is 0 Å². The first-order chi connectivity index (χ1) is 8.06. The summed E-state index contributed by atoms with van der Waals surface area (Å²) in [7, 11) is 0. The Hall–Kier alpha value is -0.570. The zero-order valence-electron chi connectivity index (χ0n) is 9.71. The Balaban J connectivity index is 2.19. The summed E-state index contributed by atoms with van der Waals surface area (Å²) in [6, 6.07) is 5.59. The molecule has 90 valence electrons. The van der Waals surface area contributed by atoms with Gasteiger partial charge in [-0.05, 0) is 23.6 Å². The van der Waals surface area contributed by atoms with Gasteiger partial charge >= 0.3 is 0 Å². The van der Waals surface area contributed by atoms with Gasteiger partial charge in [-0.15, -0.1) is 11.3 Å². The van der Waals surface area contributed by atoms with Gasteiger partial charge in [-0.1, -0.05) is 43.1 Å². The topological polar surface area (TPSA) is 12.9 Å². The SMILES string of the molecule is CC(C)c1csc(Cc2ccc(Cl)cc2Cl)n1. The van der Waals surface area contributed by atoms with E-state index in [1.807, 2.05) is 12.1 Å². The first kappa shape index (κ1) is 12.9. The highest BCUT2D eigenvalue weighted by Crippen LogP contribution is 2.25. The summed E-state index contributed by atoms with van der Waals surface area (Å²) >= 11 is 13.7. The number of rotatable bonds is 3. The zero-order valence-corrected chi connectivity index (χ0v) is 12.0. The minimum absolute atomic E-state index is 0.473. The molecule has 0 aliphatic heterocycles. The van der Waals surface area contributed by atoms with Crippen molar-refractivity contribution >= 4 is 34.5 Å². The van der Waals surface area contributed by atoms with Crippen molar-refractivity contribution < 1.29 is 0 Å². The fourth-order valence-electron chi connectivity index (χ4n) is 1.50. The lowest BCUT2D eigenvalue weighted by atomic mass is 10.1. The number of halogens is 2. The molecule has 0 bridgehead atoms. The average Bonchev–Trinajstić information content (AvgIpc) is 2.71. The molecule has 0 radical (unpaired) electrons. The lowest BCUT2D eigenvalue weighted by molar-refractivity contribution is 0.825. The molecule has 2 rings (SSSR count). The number of thiazole rings is 1. The highest BCUT2D eigenvalue weighted by atomic mass is 35.5. The molecule has 17 heavy (non-hydrogen) atoms. The number of nitrogens with zero attached hydrogens (tertiary/aromatic N) is 1. The molecule has 1 aromatic carbocycles. The molecule has 0 amide bonds. The molecule has 0 aliphatic rings. The molecule has 0 atom stereocenters. The molecule has 0 spiro atoms. The number of hydrogen-bond acceptors (Lipinski definition) is 2. The van der Waals surface area contributed by atoms with Gasteiger partial charge in [0.1, 0.15) is 0 Å². The second-order valence-corrected chi connectivity index (χ2v) is 6.02. The van der Waals surface area contributed by atoms with Crippen molar-refractivity contribution in [3.05, 3.63) is 49.9 Å². The molecular formula is C13H13Cl2NS. The van der Waals surface area contributed by atoms with Crippen molar-refractivity contribution in [2.24, 2.45) is 0 Å². The Bertz CT molecular complexity index is 520. The molecule has 0 aliphatic carbocycles. The highest BCUT2D eigenvalue weighted by Gasteiger charge is 2.08. The van der Waals surface area contributed by atoms with E-state index in [1.165, 1.54) is 0 Å². The Morgan fingerprint density at radius 2 is 2.06 bits per heavy atom. The van der Waals surface area contributed by atoms with Crippen LogP contribution in [0.2, 0.25) is 10.0 Å². The zero-order chi connectivity index (χ0) is 12.4. The van der Waals surface area contributed by atoms with Crippen molar-refractivity contribution in [3.8, 4) is 0 Å². The average molecular weight is 286 g/mol. The van der Waals surface area contributed by atoms with Crippen LogP contribution in [0.15, 0.2) is 23.6 Å². The van der Waals surface area contributed by atoms with Crippen molar-refractivity contribution in [3.63, 3.8) is 0 Å². The molecule has 0 fully saturated rings. The molecule has 4 heteroatoms. The Morgan fingerprint density at radius 3 is 2.65 bits per heavy atom. The van der Waals surface area contributed by atoms with Crippen LogP contribution < -0.4 is 0 Å². The van der Waals surface area contributed by atoms with Crippen molar-refractivity contribution in [2.75, 3.05) is 0 Å². The van der Waals surface area contributed by atoms with E-state index < -0.39 is 0 Å². The molecule has 1 aromatic heterocycles. The van der Waals surface area contributed by atoms with Gasteiger partial charge in [0, 0.05) is 21.8 Å². The minimum Gasteiger partial charge on any atom is -0.246 e. The van der Waals surface area contributed by atoms with E-state index in [9.17, 15) is 0 Å². The third-order valence-corrected chi connectivity index (χ3v) is 3.97. The highest BCUT2D eigenvalue weighted by molar-refractivity contribution is 7.09. The van der Waals surface area contributed by atoms with E-state index in [2.05, 4.69) is 24.2 Å². The summed E-state index contributed by atoms with van der Waals surface area (Å²) in [5, 5.41) is 4.58. The second kappa shape index (κ2) is 5.38. The second-order valence-electron chi connectivity index (χ2n) is 4.23. The molecule has 1 heterocycles. The number of hydrogen-bond donors (Lipinski definition) is 0. The summed E-state index contributed by atoms with van der Waals surface area (Å²) in [6.45, 7) is 4.29. The van der Waals surface area contributed by atoms with Crippen molar-refractivity contribution in [2.45, 2.75) is 26.2 Å². The lowest BCUT2D eigenvalue weighted by Crippen LogP contribution is -1.91. The van der Waals surface area contributed by atoms with E-state index >= 15 is 0 Å². The minimum atomic E-state index is 0.473. The number of benzene rings is 1. The molecule has 1 nitrogen and oxygen atoms in total. The summed E-state index contributed by atoms with van der Waals surface area (Å²) in [6.07, 6.45) is 0.771. The van der Waals surface area contributed by atoms with Crippen molar-refractivity contribution in [1.29, 1.82) is 0 Å². The maximum atomic E-state index is 6.14. The summed E-state index contributed by atoms with van der Waals surface area (Å²) in [4.78, 5) is 4.60. The Labute approximate surface area is 115 Å². The van der Waals surface area contributed by atoms with Crippen LogP contribution >= 0.6 is 34.5 Å². The summed E-state index contributed by atoms with van der Waals surface area (Å²) in [5.74, 6) is 0.473. The maximum Gasteiger partial charge on any atom is 0.0972 e. The molecule has 2 aromatic rings. The first-order valence-electron chi connectivity index (χ1n) is 5.44. The predicted octanol–water partition coefficient (Wildman–Crippen LogP) is 5.16. The van der Waals surface area contributed by atoms with Crippen LogP contribution in [-0.4, -0.2) is 4.98 Å². The van der Waals surface area contributed by atoms with E-state index in [1.54, 1.807) is 17.4 Å². The van der Waals surface area contributed by atoms with E-state index in [-0.39, 0.29) is 0 Å². The normalized spacial score (nSPS) is 11.1. The van der Waals surface area contributed by atoms with Crippen LogP contribution in [-0.2, 0) is 6.42 Å². The summed E-state index contributed by atoms with van der Waals surface area (Å²) < 4.78 is 0. The third kappa shape index (κ3) is 3.21. The third-order valence-electron chi connectivity index (χ3n) is 2.52. The van der Waals surface area contributed by atoms with Crippen LogP contribution in [0.5, 0.6) is 0 Å². The summed E-state index contributed by atoms with van der Waals surface area (Å²) in [5.41, 5.74) is 2.22. The molecule has 0 saturated carbocycles. The Kier molecular flexibility index (Phi) is 4.08. The lowest BCUT2D eigenvalue weighted by Gasteiger charge is -2.02. The van der Waals surface area contributed by atoms with Crippen LogP contribution in [0.1, 0.15) is 36.0 Å². The van der Waals surface area contributed by atoms with Crippen LogP contribution in [0, 0.1) is 0 Å². The Morgan fingerprint density at radius 1 is 1.29 bits per heavy atom. The maximum absolute atomic E-state index is 6.14. The predicted molar refractivity (Wildman–Crippen MR) is 75.5 cm³/mol. The van der Waals surface area contributed by atoms with Crippen molar-refractivity contribution in [1.82, 2.24) is 4.98 Å². The van der Waals surface area contributed by atoms with E-state index in [4.69, 9.17) is 23.2 Å². The monoisotopic (exact) mass is 285 g/mol. The van der Waals surface area contributed by atoms with Crippen LogP contribution in [0.3, 0.4) is 0 Å². The first-order valence-corrected chi connectivity index (χ1v) is 7.08. The van der Waals surface area contributed by atoms with Gasteiger partial charge in [0.15, 0.2) is 0 Å². The molecule has 0 unspecified atom stereocenters. The molecule has 0 saturated heterocycles. The van der Waals surface area contributed by atoms with E-state index in [0.29, 0.717) is 16.0 Å². The largest absolute Gasteiger partial charge is 0.246 e. The van der Waals surface area contributed by atoms with Gasteiger partial charge in [0.05, 0.1) is 10.7 Å². The van der Waals surface area contributed by atoms with Gasteiger partial charge in [-0.3, -0.25) is 0 Å². The fourth-order valence-corrected chi connectivity index (χ4v) is 2.95. The van der Waals surface area contributed by atoms with Gasteiger partial charge in [-0.2, -0.15) is 0 Å². The molecule has 0 N–H and O–H groups in total. The van der Waals surface area contributed by atoms with Crippen LogP contribution in [0.25, 0.3) is 0 Å². The van der Waals surface area contributed by atoms with Crippen LogP contribution in [0.4, 0.5) is 0 Å². The quantitative estimate of drug-likeness (QED) is 0.759. The van der Waals surface area contributed by atoms with E-state index in [0.717, 1.165) is 22.7 Å². The van der Waals surface area contributed by atoms with Gasteiger partial charge in [-0.25, -0.2) is 4.98 Å². The van der Waals surface area contributed by atoms with Gasteiger partial charge in [0.2, 0.25) is 0 Å².